The number of H-pyrrole nitrogens is 1. The van der Waals surface area contributed by atoms with E-state index in [9.17, 15) is 14.4 Å². The minimum Gasteiger partial charge on any atom is -0.481 e. The lowest BCUT2D eigenvalue weighted by Gasteiger charge is -2.40. The molecule has 0 aliphatic heterocycles. The summed E-state index contributed by atoms with van der Waals surface area (Å²) < 4.78 is 14.7. The Balaban J connectivity index is 0.000000202. The first-order chi connectivity index (χ1) is 17.5. The molecule has 0 amide bonds. The minimum atomic E-state index is -0.706. The summed E-state index contributed by atoms with van der Waals surface area (Å²) in [6, 6.07) is 10.9. The number of halogens is 1. The number of fused-ring (bicyclic) bond motifs is 4. The van der Waals surface area contributed by atoms with Crippen LogP contribution in [0.15, 0.2) is 49.1 Å². The van der Waals surface area contributed by atoms with Crippen molar-refractivity contribution in [1.29, 1.82) is 5.26 Å². The molecular formula is C27H25FN6O2. The summed E-state index contributed by atoms with van der Waals surface area (Å²) in [5, 5.41) is 19.2. The van der Waals surface area contributed by atoms with Crippen LogP contribution in [0, 0.1) is 34.9 Å². The van der Waals surface area contributed by atoms with Gasteiger partial charge in [0.25, 0.3) is 0 Å². The monoisotopic (exact) mass is 484 g/mol. The van der Waals surface area contributed by atoms with Gasteiger partial charge in [0.1, 0.15) is 18.0 Å². The number of pyridine rings is 1. The standard InChI is InChI=1S/C18H11FN6.C9H14O2/c19-15-14(10-4-2-1-3-5-10)11(6-20)16(25-17(15)21)12-8-23-18-13(12)7-22-9-24-18;10-9(11)8-5-6-1-3-7(8)4-2-6/h1-5,7-9H,(H2,21,25)(H,22,23,24);6-8H,1-5H2,(H,10,11). The highest BCUT2D eigenvalue weighted by atomic mass is 19.1. The maximum Gasteiger partial charge on any atom is 0.306 e. The number of nitrogens with one attached hydrogen (secondary N) is 1. The molecule has 9 heteroatoms. The summed E-state index contributed by atoms with van der Waals surface area (Å²) in [5.74, 6) is -0.276. The summed E-state index contributed by atoms with van der Waals surface area (Å²) in [6.45, 7) is 0. The Bertz CT molecular complexity index is 1450. The molecule has 1 atom stereocenters. The Kier molecular flexibility index (Phi) is 6.34. The number of nitrogens with two attached hydrogens (primary N) is 1. The van der Waals surface area contributed by atoms with Gasteiger partial charge in [-0.05, 0) is 36.7 Å². The van der Waals surface area contributed by atoms with Crippen LogP contribution in [0.4, 0.5) is 10.2 Å². The van der Waals surface area contributed by atoms with Gasteiger partial charge in [-0.1, -0.05) is 43.2 Å². The first-order valence-electron chi connectivity index (χ1n) is 11.9. The Morgan fingerprint density at radius 3 is 2.56 bits per heavy atom. The van der Waals surface area contributed by atoms with E-state index in [2.05, 4.69) is 26.0 Å². The minimum absolute atomic E-state index is 0.00231. The lowest BCUT2D eigenvalue weighted by molar-refractivity contribution is -0.147. The number of aromatic nitrogens is 4. The number of carboxylic acids is 1. The number of hydrogen-bond donors (Lipinski definition) is 3. The van der Waals surface area contributed by atoms with Crippen molar-refractivity contribution in [3.05, 3.63) is 60.4 Å². The number of rotatable bonds is 3. The average Bonchev–Trinajstić information content (AvgIpc) is 3.35. The molecule has 4 aromatic rings. The number of aliphatic carboxylic acids is 1. The molecule has 3 aliphatic rings. The van der Waals surface area contributed by atoms with E-state index in [0.29, 0.717) is 33.8 Å². The molecule has 0 radical (unpaired) electrons. The lowest BCUT2D eigenvalue weighted by atomic mass is 9.65. The number of anilines is 1. The maximum atomic E-state index is 14.7. The number of nitriles is 1. The molecule has 8 nitrogen and oxygen atoms in total. The van der Waals surface area contributed by atoms with Crippen molar-refractivity contribution in [2.24, 2.45) is 17.8 Å². The molecule has 2 bridgehead atoms. The van der Waals surface area contributed by atoms with E-state index in [1.807, 2.05) is 6.07 Å². The smallest absolute Gasteiger partial charge is 0.306 e. The molecule has 1 unspecified atom stereocenters. The molecule has 3 heterocycles. The molecule has 3 saturated carbocycles. The number of aromatic amines is 1. The van der Waals surface area contributed by atoms with Crippen LogP contribution < -0.4 is 5.73 Å². The molecule has 36 heavy (non-hydrogen) atoms. The van der Waals surface area contributed by atoms with Crippen LogP contribution >= 0.6 is 0 Å². The first kappa shape index (κ1) is 23.4. The van der Waals surface area contributed by atoms with Gasteiger partial charge >= 0.3 is 5.97 Å². The zero-order chi connectivity index (χ0) is 25.2. The van der Waals surface area contributed by atoms with E-state index < -0.39 is 11.8 Å². The van der Waals surface area contributed by atoms with Crippen molar-refractivity contribution in [2.75, 3.05) is 5.73 Å². The fourth-order valence-corrected chi connectivity index (χ4v) is 5.50. The van der Waals surface area contributed by atoms with Crippen molar-refractivity contribution in [2.45, 2.75) is 32.1 Å². The zero-order valence-corrected chi connectivity index (χ0v) is 19.5. The molecular weight excluding hydrogens is 459 g/mol. The normalized spacial score (nSPS) is 20.4. The van der Waals surface area contributed by atoms with Gasteiger partial charge in [0.2, 0.25) is 0 Å². The van der Waals surface area contributed by atoms with Crippen LogP contribution in [0.25, 0.3) is 33.4 Å². The molecule has 0 spiro atoms. The van der Waals surface area contributed by atoms with Crippen LogP contribution in [0.1, 0.15) is 37.7 Å². The Morgan fingerprint density at radius 1 is 1.19 bits per heavy atom. The summed E-state index contributed by atoms with van der Waals surface area (Å²) >= 11 is 0. The Hall–Kier alpha value is -4.32. The van der Waals surface area contributed by atoms with Gasteiger partial charge in [0, 0.05) is 28.9 Å². The molecule has 182 valence electrons. The maximum absolute atomic E-state index is 14.7. The molecule has 4 N–H and O–H groups in total. The number of nitrogen functional groups attached to an aromatic ring is 1. The van der Waals surface area contributed by atoms with Crippen molar-refractivity contribution in [1.82, 2.24) is 19.9 Å². The van der Waals surface area contributed by atoms with Crippen LogP contribution in [0.5, 0.6) is 0 Å². The number of nitrogens with zero attached hydrogens (tertiary/aromatic N) is 4. The third-order valence-electron chi connectivity index (χ3n) is 7.31. The predicted octanol–water partition coefficient (Wildman–Crippen LogP) is 5.18. The van der Waals surface area contributed by atoms with Gasteiger partial charge < -0.3 is 15.8 Å². The number of carbonyl (C=O) groups is 1. The summed E-state index contributed by atoms with van der Waals surface area (Å²) in [5.41, 5.74) is 8.09. The highest BCUT2D eigenvalue weighted by Gasteiger charge is 2.39. The van der Waals surface area contributed by atoms with E-state index in [4.69, 9.17) is 10.8 Å². The molecule has 3 fully saturated rings. The highest BCUT2D eigenvalue weighted by Crippen LogP contribution is 2.45. The number of benzene rings is 1. The molecule has 3 aliphatic carbocycles. The summed E-state index contributed by atoms with van der Waals surface area (Å²) in [7, 11) is 0. The second kappa shape index (κ2) is 9.74. The van der Waals surface area contributed by atoms with E-state index in [0.717, 1.165) is 12.3 Å². The highest BCUT2D eigenvalue weighted by molar-refractivity contribution is 5.95. The van der Waals surface area contributed by atoms with Crippen molar-refractivity contribution in [3.8, 4) is 28.5 Å². The van der Waals surface area contributed by atoms with Gasteiger partial charge in [-0.2, -0.15) is 5.26 Å². The van der Waals surface area contributed by atoms with E-state index in [1.54, 1.807) is 36.7 Å². The topological polar surface area (TPSA) is 142 Å². The second-order valence-electron chi connectivity index (χ2n) is 9.34. The van der Waals surface area contributed by atoms with Crippen molar-refractivity contribution >= 4 is 22.8 Å². The molecule has 3 aromatic heterocycles. The largest absolute Gasteiger partial charge is 0.481 e. The quantitative estimate of drug-likeness (QED) is 0.364. The fourth-order valence-electron chi connectivity index (χ4n) is 5.50. The van der Waals surface area contributed by atoms with E-state index >= 15 is 0 Å². The Labute approximate surface area is 207 Å². The van der Waals surface area contributed by atoms with Crippen molar-refractivity contribution in [3.63, 3.8) is 0 Å². The van der Waals surface area contributed by atoms with Gasteiger partial charge in [0.15, 0.2) is 11.6 Å². The van der Waals surface area contributed by atoms with Gasteiger partial charge in [-0.15, -0.1) is 0 Å². The SMILES string of the molecule is N#Cc1c(-c2c[nH]c3ncncc23)nc(N)c(F)c1-c1ccccc1.O=C(O)C1CC2CCC1CC2. The fraction of sp³-hybridized carbons (Fsp3) is 0.296. The van der Waals surface area contributed by atoms with Crippen LogP contribution in [0.2, 0.25) is 0 Å². The van der Waals surface area contributed by atoms with Gasteiger partial charge in [-0.25, -0.2) is 19.3 Å². The summed E-state index contributed by atoms with van der Waals surface area (Å²) in [6.07, 6.45) is 10.6. The predicted molar refractivity (Wildman–Crippen MR) is 133 cm³/mol. The van der Waals surface area contributed by atoms with Crippen LogP contribution in [0.3, 0.4) is 0 Å². The zero-order valence-electron chi connectivity index (χ0n) is 19.5. The van der Waals surface area contributed by atoms with E-state index in [-0.39, 0.29) is 22.9 Å². The van der Waals surface area contributed by atoms with E-state index in [1.165, 1.54) is 32.0 Å². The average molecular weight is 485 g/mol. The van der Waals surface area contributed by atoms with Gasteiger partial charge in [0.05, 0.1) is 17.2 Å². The number of carboxylic acid groups (broad SMARTS) is 1. The van der Waals surface area contributed by atoms with Crippen molar-refractivity contribution < 1.29 is 14.3 Å². The summed E-state index contributed by atoms with van der Waals surface area (Å²) in [4.78, 5) is 26.0. The third-order valence-corrected chi connectivity index (χ3v) is 7.31. The molecule has 0 saturated heterocycles. The Morgan fingerprint density at radius 2 is 1.94 bits per heavy atom. The van der Waals surface area contributed by atoms with Crippen LogP contribution in [-0.2, 0) is 4.79 Å². The molecule has 7 rings (SSSR count). The lowest BCUT2D eigenvalue weighted by Crippen LogP contribution is -2.35. The first-order valence-corrected chi connectivity index (χ1v) is 11.9. The van der Waals surface area contributed by atoms with Gasteiger partial charge in [-0.3, -0.25) is 4.79 Å². The second-order valence-corrected chi connectivity index (χ2v) is 9.34. The molecule has 1 aromatic carbocycles. The third kappa shape index (κ3) is 4.26. The van der Waals surface area contributed by atoms with Crippen LogP contribution in [-0.4, -0.2) is 31.0 Å². The number of hydrogen-bond acceptors (Lipinski definition) is 6.